The van der Waals surface area contributed by atoms with Crippen LogP contribution >= 0.6 is 0 Å². The molecule has 24 heavy (non-hydrogen) atoms. The largest absolute Gasteiger partial charge is 0.402 e. The molecule has 3 rings (SSSR count). The lowest BCUT2D eigenvalue weighted by atomic mass is 10.2. The van der Waals surface area contributed by atoms with E-state index in [0.29, 0.717) is 24.5 Å². The summed E-state index contributed by atoms with van der Waals surface area (Å²) < 4.78 is 5.35. The zero-order valence-corrected chi connectivity index (χ0v) is 13.4. The molecule has 8 nitrogen and oxygen atoms in total. The number of carbonyl (C=O) groups excluding carboxylic acids is 1. The number of nitrogens with one attached hydrogen (secondary N) is 3. The van der Waals surface area contributed by atoms with Crippen molar-refractivity contribution in [3.63, 3.8) is 0 Å². The third-order valence-electron chi connectivity index (χ3n) is 3.69. The summed E-state index contributed by atoms with van der Waals surface area (Å²) in [6.45, 7) is 4.70. The Morgan fingerprint density at radius 1 is 1.46 bits per heavy atom. The van der Waals surface area contributed by atoms with Crippen molar-refractivity contribution >= 4 is 28.6 Å². The molecular weight excluding hydrogens is 308 g/mol. The monoisotopic (exact) mass is 328 g/mol. The van der Waals surface area contributed by atoms with Gasteiger partial charge in [-0.3, -0.25) is 10.2 Å². The number of H-pyrrole nitrogens is 1. The molecule has 1 aliphatic heterocycles. The number of aromatic amines is 1. The van der Waals surface area contributed by atoms with Gasteiger partial charge >= 0.3 is 0 Å². The SMILES string of the molecule is C/C(N)=C/C(=N)NC(=O)c1cnc2[nH]c(N3CCOCC3)cc2c1. The molecule has 8 heteroatoms. The zero-order valence-electron chi connectivity index (χ0n) is 13.4. The van der Waals surface area contributed by atoms with Crippen molar-refractivity contribution in [1.29, 1.82) is 5.41 Å². The van der Waals surface area contributed by atoms with Crippen LogP contribution in [0.1, 0.15) is 17.3 Å². The predicted molar refractivity (Wildman–Crippen MR) is 92.3 cm³/mol. The summed E-state index contributed by atoms with van der Waals surface area (Å²) in [6.07, 6.45) is 2.88. The molecule has 0 spiro atoms. The van der Waals surface area contributed by atoms with E-state index in [9.17, 15) is 4.79 Å². The molecule has 5 N–H and O–H groups in total. The van der Waals surface area contributed by atoms with E-state index in [1.807, 2.05) is 6.07 Å². The third kappa shape index (κ3) is 3.54. The van der Waals surface area contributed by atoms with Gasteiger partial charge < -0.3 is 25.7 Å². The molecule has 0 atom stereocenters. The van der Waals surface area contributed by atoms with Gasteiger partial charge in [-0.05, 0) is 25.1 Å². The van der Waals surface area contributed by atoms with E-state index < -0.39 is 0 Å². The molecule has 3 heterocycles. The molecule has 2 aromatic heterocycles. The van der Waals surface area contributed by atoms with Crippen molar-refractivity contribution in [3.05, 3.63) is 35.7 Å². The average Bonchev–Trinajstić information content (AvgIpc) is 2.97. The number of allylic oxidation sites excluding steroid dienone is 1. The first-order chi connectivity index (χ1) is 11.5. The predicted octanol–water partition coefficient (Wildman–Crippen LogP) is 0.969. The van der Waals surface area contributed by atoms with Crippen LogP contribution < -0.4 is 16.0 Å². The Morgan fingerprint density at radius 3 is 2.92 bits per heavy atom. The minimum atomic E-state index is -0.388. The second kappa shape index (κ2) is 6.71. The molecule has 0 radical (unpaired) electrons. The van der Waals surface area contributed by atoms with Crippen molar-refractivity contribution in [2.45, 2.75) is 6.92 Å². The van der Waals surface area contributed by atoms with Crippen molar-refractivity contribution in [2.75, 3.05) is 31.2 Å². The molecule has 126 valence electrons. The van der Waals surface area contributed by atoms with Gasteiger partial charge in [0.05, 0.1) is 18.8 Å². The van der Waals surface area contributed by atoms with Crippen LogP contribution in [0.4, 0.5) is 5.82 Å². The molecule has 0 aromatic carbocycles. The number of amides is 1. The standard InChI is InChI=1S/C16H20N6O2/c1-10(17)6-13(18)20-16(23)12-7-11-8-14(21-15(11)19-9-12)22-2-4-24-5-3-22/h6-9H,2-5,17H2,1H3,(H,19,21)(H2,18,20,23)/b10-6-. The fourth-order valence-corrected chi connectivity index (χ4v) is 2.56. The number of hydrogen-bond acceptors (Lipinski definition) is 6. The first-order valence-electron chi connectivity index (χ1n) is 7.68. The van der Waals surface area contributed by atoms with Crippen LogP contribution in [0, 0.1) is 5.41 Å². The van der Waals surface area contributed by atoms with Crippen LogP contribution in [0.2, 0.25) is 0 Å². The number of amidine groups is 1. The molecule has 0 bridgehead atoms. The zero-order chi connectivity index (χ0) is 17.1. The van der Waals surface area contributed by atoms with Gasteiger partial charge in [-0.15, -0.1) is 0 Å². The fraction of sp³-hybridized carbons (Fsp3) is 0.312. The van der Waals surface area contributed by atoms with Crippen molar-refractivity contribution in [3.8, 4) is 0 Å². The second-order valence-electron chi connectivity index (χ2n) is 5.67. The number of ether oxygens (including phenoxy) is 1. The van der Waals surface area contributed by atoms with Crippen LogP contribution in [0.25, 0.3) is 11.0 Å². The Bertz CT molecular complexity index is 800. The number of carbonyl (C=O) groups is 1. The van der Waals surface area contributed by atoms with Gasteiger partial charge in [0.2, 0.25) is 0 Å². The normalized spacial score (nSPS) is 15.5. The molecular formula is C16H20N6O2. The first-order valence-corrected chi connectivity index (χ1v) is 7.68. The summed E-state index contributed by atoms with van der Waals surface area (Å²) in [5, 5.41) is 11.0. The van der Waals surface area contributed by atoms with Gasteiger partial charge in [0.15, 0.2) is 0 Å². The number of pyridine rings is 1. The number of morpholine rings is 1. The highest BCUT2D eigenvalue weighted by atomic mass is 16.5. The summed E-state index contributed by atoms with van der Waals surface area (Å²) in [7, 11) is 0. The highest BCUT2D eigenvalue weighted by Gasteiger charge is 2.15. The Labute approximate surface area is 139 Å². The summed E-state index contributed by atoms with van der Waals surface area (Å²) in [6, 6.07) is 3.73. The Hall–Kier alpha value is -2.87. The average molecular weight is 328 g/mol. The lowest BCUT2D eigenvalue weighted by Gasteiger charge is -2.27. The van der Waals surface area contributed by atoms with E-state index in [2.05, 4.69) is 20.2 Å². The molecule has 0 saturated carbocycles. The number of anilines is 1. The van der Waals surface area contributed by atoms with Crippen molar-refractivity contribution in [1.82, 2.24) is 15.3 Å². The minimum Gasteiger partial charge on any atom is -0.402 e. The lowest BCUT2D eigenvalue weighted by molar-refractivity contribution is 0.0977. The van der Waals surface area contributed by atoms with Crippen LogP contribution in [0.3, 0.4) is 0 Å². The van der Waals surface area contributed by atoms with Crippen LogP contribution in [-0.4, -0.2) is 48.0 Å². The van der Waals surface area contributed by atoms with Gasteiger partial charge in [0.25, 0.3) is 5.91 Å². The lowest BCUT2D eigenvalue weighted by Crippen LogP contribution is -2.36. The Kier molecular flexibility index (Phi) is 4.48. The van der Waals surface area contributed by atoms with Crippen molar-refractivity contribution in [2.24, 2.45) is 5.73 Å². The Morgan fingerprint density at radius 2 is 2.21 bits per heavy atom. The van der Waals surface area contributed by atoms with Gasteiger partial charge in [0, 0.05) is 30.4 Å². The smallest absolute Gasteiger partial charge is 0.258 e. The van der Waals surface area contributed by atoms with E-state index in [0.717, 1.165) is 29.9 Å². The highest BCUT2D eigenvalue weighted by Crippen LogP contribution is 2.22. The molecule has 0 aliphatic carbocycles. The maximum atomic E-state index is 12.2. The van der Waals surface area contributed by atoms with E-state index in [1.54, 1.807) is 13.0 Å². The molecule has 0 unspecified atom stereocenters. The summed E-state index contributed by atoms with van der Waals surface area (Å²) in [5.74, 6) is 0.525. The summed E-state index contributed by atoms with van der Waals surface area (Å²) in [5.41, 5.74) is 7.06. The molecule has 1 amide bonds. The van der Waals surface area contributed by atoms with E-state index in [-0.39, 0.29) is 11.7 Å². The number of fused-ring (bicyclic) bond motifs is 1. The van der Waals surface area contributed by atoms with E-state index >= 15 is 0 Å². The quantitative estimate of drug-likeness (QED) is 0.494. The van der Waals surface area contributed by atoms with Crippen LogP contribution in [0.15, 0.2) is 30.1 Å². The topological polar surface area (TPSA) is 120 Å². The Balaban J connectivity index is 1.79. The fourth-order valence-electron chi connectivity index (χ4n) is 2.56. The van der Waals surface area contributed by atoms with E-state index in [4.69, 9.17) is 15.9 Å². The highest BCUT2D eigenvalue weighted by molar-refractivity contribution is 6.09. The molecule has 1 saturated heterocycles. The summed E-state index contributed by atoms with van der Waals surface area (Å²) >= 11 is 0. The first kappa shape index (κ1) is 16.0. The van der Waals surface area contributed by atoms with E-state index in [1.165, 1.54) is 12.3 Å². The van der Waals surface area contributed by atoms with Gasteiger partial charge in [0.1, 0.15) is 17.3 Å². The van der Waals surface area contributed by atoms with Crippen molar-refractivity contribution < 1.29 is 9.53 Å². The number of hydrogen-bond donors (Lipinski definition) is 4. The molecule has 2 aromatic rings. The number of nitrogens with zero attached hydrogens (tertiary/aromatic N) is 2. The number of aromatic nitrogens is 2. The second-order valence-corrected chi connectivity index (χ2v) is 5.67. The minimum absolute atomic E-state index is 0.0526. The van der Waals surface area contributed by atoms with Gasteiger partial charge in [-0.2, -0.15) is 0 Å². The maximum absolute atomic E-state index is 12.2. The van der Waals surface area contributed by atoms with Gasteiger partial charge in [-0.25, -0.2) is 4.98 Å². The molecule has 1 aliphatic rings. The maximum Gasteiger partial charge on any atom is 0.258 e. The van der Waals surface area contributed by atoms with Crippen LogP contribution in [0.5, 0.6) is 0 Å². The third-order valence-corrected chi connectivity index (χ3v) is 3.69. The molecule has 1 fully saturated rings. The number of rotatable bonds is 3. The number of nitrogens with two attached hydrogens (primary N) is 1. The van der Waals surface area contributed by atoms with Gasteiger partial charge in [-0.1, -0.05) is 0 Å². The van der Waals surface area contributed by atoms with Crippen LogP contribution in [-0.2, 0) is 4.74 Å². The summed E-state index contributed by atoms with van der Waals surface area (Å²) in [4.78, 5) is 21.9.